The summed E-state index contributed by atoms with van der Waals surface area (Å²) in [7, 11) is 3.37. The molecule has 0 bridgehead atoms. The van der Waals surface area contributed by atoms with E-state index in [0.717, 1.165) is 6.07 Å². The van der Waals surface area contributed by atoms with Gasteiger partial charge in [-0.2, -0.15) is 0 Å². The second-order valence-corrected chi connectivity index (χ2v) is 3.61. The minimum absolute atomic E-state index is 0.00833. The number of amides is 1. The summed E-state index contributed by atoms with van der Waals surface area (Å²) in [6.07, 6.45) is 0. The molecule has 0 spiro atoms. The third-order valence-electron chi connectivity index (χ3n) is 1.85. The molecule has 4 nitrogen and oxygen atoms in total. The van der Waals surface area contributed by atoms with Crippen molar-refractivity contribution in [2.45, 2.75) is 0 Å². The quantitative estimate of drug-likeness (QED) is 0.761. The first-order valence-corrected chi connectivity index (χ1v) is 4.60. The van der Waals surface area contributed by atoms with Crippen LogP contribution in [0.4, 0.5) is 20.2 Å². The summed E-state index contributed by atoms with van der Waals surface area (Å²) in [6, 6.07) is 2.11. The Morgan fingerprint density at radius 3 is 2.62 bits per heavy atom. The molecule has 0 saturated carbocycles. The van der Waals surface area contributed by atoms with Gasteiger partial charge in [-0.25, -0.2) is 8.78 Å². The van der Waals surface area contributed by atoms with Gasteiger partial charge in [0.2, 0.25) is 5.91 Å². The van der Waals surface area contributed by atoms with Crippen molar-refractivity contribution >= 4 is 17.3 Å². The van der Waals surface area contributed by atoms with E-state index in [9.17, 15) is 13.6 Å². The Labute approximate surface area is 92.0 Å². The van der Waals surface area contributed by atoms with Crippen LogP contribution in [0.1, 0.15) is 0 Å². The summed E-state index contributed by atoms with van der Waals surface area (Å²) in [5, 5.41) is 2.23. The molecule has 0 heterocycles. The first kappa shape index (κ1) is 12.4. The van der Waals surface area contributed by atoms with Crippen LogP contribution < -0.4 is 11.1 Å². The van der Waals surface area contributed by atoms with Gasteiger partial charge in [0.1, 0.15) is 5.69 Å². The Bertz CT molecular complexity index is 407. The second kappa shape index (κ2) is 4.89. The second-order valence-electron chi connectivity index (χ2n) is 3.61. The summed E-state index contributed by atoms with van der Waals surface area (Å²) >= 11 is 0. The number of carbonyl (C=O) groups excluding carboxylic acids is 1. The van der Waals surface area contributed by atoms with Crippen molar-refractivity contribution in [3.63, 3.8) is 0 Å². The van der Waals surface area contributed by atoms with Gasteiger partial charge in [-0.3, -0.25) is 4.79 Å². The Morgan fingerprint density at radius 2 is 2.06 bits per heavy atom. The van der Waals surface area contributed by atoms with E-state index in [1.165, 1.54) is 6.07 Å². The number of nitrogens with zero attached hydrogens (tertiary/aromatic N) is 1. The molecule has 0 aliphatic rings. The fourth-order valence-electron chi connectivity index (χ4n) is 1.16. The number of hydrogen-bond acceptors (Lipinski definition) is 3. The molecule has 0 aliphatic heterocycles. The van der Waals surface area contributed by atoms with E-state index < -0.39 is 17.5 Å². The smallest absolute Gasteiger partial charge is 0.238 e. The molecule has 0 atom stereocenters. The summed E-state index contributed by atoms with van der Waals surface area (Å²) in [4.78, 5) is 12.9. The lowest BCUT2D eigenvalue weighted by molar-refractivity contribution is -0.116. The summed E-state index contributed by atoms with van der Waals surface area (Å²) < 4.78 is 26.2. The van der Waals surface area contributed by atoms with Crippen LogP contribution in [0, 0.1) is 11.6 Å². The van der Waals surface area contributed by atoms with Gasteiger partial charge in [0.05, 0.1) is 12.2 Å². The van der Waals surface area contributed by atoms with Gasteiger partial charge in [0, 0.05) is 0 Å². The van der Waals surface area contributed by atoms with Crippen molar-refractivity contribution in [3.05, 3.63) is 23.8 Å². The van der Waals surface area contributed by atoms with Crippen molar-refractivity contribution < 1.29 is 13.6 Å². The predicted molar refractivity (Wildman–Crippen MR) is 58.0 cm³/mol. The van der Waals surface area contributed by atoms with Crippen LogP contribution in [0.15, 0.2) is 12.1 Å². The zero-order valence-electron chi connectivity index (χ0n) is 9.05. The molecule has 3 N–H and O–H groups in total. The Morgan fingerprint density at radius 1 is 1.44 bits per heavy atom. The van der Waals surface area contributed by atoms with Gasteiger partial charge in [0.15, 0.2) is 11.6 Å². The molecule has 88 valence electrons. The average molecular weight is 229 g/mol. The van der Waals surface area contributed by atoms with Crippen LogP contribution in [0.3, 0.4) is 0 Å². The van der Waals surface area contributed by atoms with Crippen molar-refractivity contribution in [1.29, 1.82) is 0 Å². The standard InChI is InChI=1S/C10H13F2N3O/c1-15(2)5-8(16)14-10-7(13)4-3-6(11)9(10)12/h3-4H,5,13H2,1-2H3,(H,14,16). The largest absolute Gasteiger partial charge is 0.397 e. The normalized spacial score (nSPS) is 10.6. The fourth-order valence-corrected chi connectivity index (χ4v) is 1.16. The lowest BCUT2D eigenvalue weighted by Crippen LogP contribution is -2.27. The summed E-state index contributed by atoms with van der Waals surface area (Å²) in [5.41, 5.74) is 5.11. The highest BCUT2D eigenvalue weighted by Crippen LogP contribution is 2.24. The molecule has 0 fully saturated rings. The van der Waals surface area contributed by atoms with Gasteiger partial charge in [-0.05, 0) is 26.2 Å². The van der Waals surface area contributed by atoms with Gasteiger partial charge in [-0.1, -0.05) is 0 Å². The number of nitrogens with one attached hydrogen (secondary N) is 1. The first-order valence-electron chi connectivity index (χ1n) is 4.60. The van der Waals surface area contributed by atoms with Gasteiger partial charge < -0.3 is 16.0 Å². The number of hydrogen-bond donors (Lipinski definition) is 2. The van der Waals surface area contributed by atoms with Crippen LogP contribution in [0.5, 0.6) is 0 Å². The minimum Gasteiger partial charge on any atom is -0.397 e. The Kier molecular flexibility index (Phi) is 3.78. The van der Waals surface area contributed by atoms with E-state index in [0.29, 0.717) is 0 Å². The number of carbonyl (C=O) groups is 1. The maximum atomic E-state index is 13.3. The number of benzene rings is 1. The molecule has 0 aromatic heterocycles. The van der Waals surface area contributed by atoms with E-state index in [4.69, 9.17) is 5.73 Å². The highest BCUT2D eigenvalue weighted by molar-refractivity contribution is 5.95. The average Bonchev–Trinajstić information content (AvgIpc) is 2.17. The SMILES string of the molecule is CN(C)CC(=O)Nc1c(N)ccc(F)c1F. The summed E-state index contributed by atoms with van der Waals surface area (Å²) in [6.45, 7) is 0.0649. The zero-order chi connectivity index (χ0) is 12.3. The molecular formula is C10H13F2N3O. The van der Waals surface area contributed by atoms with Crippen LogP contribution in [-0.4, -0.2) is 31.4 Å². The van der Waals surface area contributed by atoms with E-state index in [1.807, 2.05) is 0 Å². The van der Waals surface area contributed by atoms with Crippen LogP contribution in [-0.2, 0) is 4.79 Å². The van der Waals surface area contributed by atoms with E-state index >= 15 is 0 Å². The van der Waals surface area contributed by atoms with Crippen LogP contribution in [0.25, 0.3) is 0 Å². The lowest BCUT2D eigenvalue weighted by Gasteiger charge is -2.12. The zero-order valence-corrected chi connectivity index (χ0v) is 9.05. The summed E-state index contributed by atoms with van der Waals surface area (Å²) in [5.74, 6) is -2.65. The van der Waals surface area contributed by atoms with Gasteiger partial charge >= 0.3 is 0 Å². The molecule has 0 unspecified atom stereocenters. The molecule has 0 saturated heterocycles. The van der Waals surface area contributed by atoms with Crippen molar-refractivity contribution in [3.8, 4) is 0 Å². The molecule has 0 aliphatic carbocycles. The number of anilines is 2. The molecule has 1 aromatic rings. The van der Waals surface area contributed by atoms with E-state index in [2.05, 4.69) is 5.32 Å². The van der Waals surface area contributed by atoms with Gasteiger partial charge in [0.25, 0.3) is 0 Å². The number of nitrogen functional groups attached to an aromatic ring is 1. The van der Waals surface area contributed by atoms with Crippen molar-refractivity contribution in [1.82, 2.24) is 4.90 Å². The Hall–Kier alpha value is -1.69. The molecule has 16 heavy (non-hydrogen) atoms. The molecule has 1 aromatic carbocycles. The molecular weight excluding hydrogens is 216 g/mol. The number of nitrogens with two attached hydrogens (primary N) is 1. The third kappa shape index (κ3) is 2.90. The highest BCUT2D eigenvalue weighted by atomic mass is 19.2. The third-order valence-corrected chi connectivity index (χ3v) is 1.85. The first-order chi connectivity index (χ1) is 7.41. The fraction of sp³-hybridized carbons (Fsp3) is 0.300. The molecule has 6 heteroatoms. The predicted octanol–water partition coefficient (Wildman–Crippen LogP) is 1.05. The molecule has 1 amide bonds. The number of halogens is 2. The van der Waals surface area contributed by atoms with Gasteiger partial charge in [-0.15, -0.1) is 0 Å². The van der Waals surface area contributed by atoms with E-state index in [-0.39, 0.29) is 17.9 Å². The monoisotopic (exact) mass is 229 g/mol. The van der Waals surface area contributed by atoms with Crippen molar-refractivity contribution in [2.75, 3.05) is 31.7 Å². The molecule has 1 rings (SSSR count). The maximum absolute atomic E-state index is 13.3. The van der Waals surface area contributed by atoms with E-state index in [1.54, 1.807) is 19.0 Å². The van der Waals surface area contributed by atoms with Crippen molar-refractivity contribution in [2.24, 2.45) is 0 Å². The molecule has 0 radical (unpaired) electrons. The topological polar surface area (TPSA) is 58.4 Å². The number of rotatable bonds is 3. The highest BCUT2D eigenvalue weighted by Gasteiger charge is 2.14. The van der Waals surface area contributed by atoms with Crippen LogP contribution in [0.2, 0.25) is 0 Å². The van der Waals surface area contributed by atoms with Crippen LogP contribution >= 0.6 is 0 Å². The minimum atomic E-state index is -1.15. The maximum Gasteiger partial charge on any atom is 0.238 e. The Balaban J connectivity index is 2.88. The number of likely N-dealkylation sites (N-methyl/N-ethyl adjacent to an activating group) is 1. The lowest BCUT2D eigenvalue weighted by atomic mass is 10.2.